The van der Waals surface area contributed by atoms with E-state index in [4.69, 9.17) is 5.73 Å². The number of amides is 1. The molecule has 1 aromatic rings. The second-order valence-corrected chi connectivity index (χ2v) is 7.66. The number of hydrogen-bond acceptors (Lipinski definition) is 3. The second kappa shape index (κ2) is 8.44. The van der Waals surface area contributed by atoms with Crippen LogP contribution in [-0.2, 0) is 0 Å². The first-order valence-corrected chi connectivity index (χ1v) is 8.41. The van der Waals surface area contributed by atoms with Crippen molar-refractivity contribution in [2.24, 2.45) is 11.7 Å². The van der Waals surface area contributed by atoms with Crippen LogP contribution in [0.15, 0.2) is 11.4 Å². The minimum atomic E-state index is 0. The number of rotatable bonds is 4. The van der Waals surface area contributed by atoms with Crippen molar-refractivity contribution in [1.29, 1.82) is 0 Å². The molecule has 19 heavy (non-hydrogen) atoms. The first-order chi connectivity index (χ1) is 8.70. The average Bonchev–Trinajstić information content (AvgIpc) is 2.83. The molecule has 1 aliphatic carbocycles. The summed E-state index contributed by atoms with van der Waals surface area (Å²) in [5.41, 5.74) is 6.58. The predicted octanol–water partition coefficient (Wildman–Crippen LogP) is 3.41. The van der Waals surface area contributed by atoms with Crippen molar-refractivity contribution in [3.05, 3.63) is 19.9 Å². The zero-order chi connectivity index (χ0) is 13.0. The molecule has 1 amide bonds. The zero-order valence-electron chi connectivity index (χ0n) is 10.7. The zero-order valence-corrected chi connectivity index (χ0v) is 14.5. The lowest BCUT2D eigenvalue weighted by Gasteiger charge is -2.30. The van der Waals surface area contributed by atoms with Gasteiger partial charge in [-0.2, -0.15) is 0 Å². The van der Waals surface area contributed by atoms with E-state index >= 15 is 0 Å². The molecule has 2 rings (SSSR count). The Morgan fingerprint density at radius 2 is 2.16 bits per heavy atom. The quantitative estimate of drug-likeness (QED) is 0.742. The Morgan fingerprint density at radius 3 is 2.68 bits per heavy atom. The van der Waals surface area contributed by atoms with Crippen LogP contribution in [0.25, 0.3) is 0 Å². The van der Waals surface area contributed by atoms with Crippen LogP contribution in [0, 0.1) is 8.80 Å². The second-order valence-electron chi connectivity index (χ2n) is 4.85. The van der Waals surface area contributed by atoms with E-state index in [2.05, 4.69) is 27.9 Å². The van der Waals surface area contributed by atoms with Gasteiger partial charge in [-0.25, -0.2) is 0 Å². The molecule has 1 heterocycles. The van der Waals surface area contributed by atoms with Crippen LogP contribution in [0.3, 0.4) is 0 Å². The summed E-state index contributed by atoms with van der Waals surface area (Å²) in [5.74, 6) is 0.584. The summed E-state index contributed by atoms with van der Waals surface area (Å²) >= 11 is 3.83. The summed E-state index contributed by atoms with van der Waals surface area (Å²) in [5, 5.41) is 5.01. The van der Waals surface area contributed by atoms with E-state index < -0.39 is 0 Å². The van der Waals surface area contributed by atoms with Crippen molar-refractivity contribution in [1.82, 2.24) is 5.32 Å². The Balaban J connectivity index is 0.00000180. The van der Waals surface area contributed by atoms with E-state index in [1.54, 1.807) is 11.3 Å². The molecule has 1 aromatic heterocycles. The van der Waals surface area contributed by atoms with Gasteiger partial charge in [0.15, 0.2) is 0 Å². The summed E-state index contributed by atoms with van der Waals surface area (Å²) < 4.78 is 1.14. The lowest BCUT2D eigenvalue weighted by atomic mass is 9.84. The molecule has 6 heteroatoms. The van der Waals surface area contributed by atoms with Crippen molar-refractivity contribution in [3.63, 3.8) is 0 Å². The third kappa shape index (κ3) is 4.88. The van der Waals surface area contributed by atoms with E-state index in [1.807, 2.05) is 11.4 Å². The molecule has 1 fully saturated rings. The van der Waals surface area contributed by atoms with Crippen LogP contribution >= 0.6 is 46.3 Å². The summed E-state index contributed by atoms with van der Waals surface area (Å²) in [7, 11) is 0. The summed E-state index contributed by atoms with van der Waals surface area (Å²) in [6.07, 6.45) is 6.26. The van der Waals surface area contributed by atoms with Gasteiger partial charge in [0.05, 0.1) is 8.45 Å². The molecule has 108 valence electrons. The highest BCUT2D eigenvalue weighted by molar-refractivity contribution is 14.1. The van der Waals surface area contributed by atoms with Gasteiger partial charge in [0, 0.05) is 18.0 Å². The fraction of sp³-hybridized carbons (Fsp3) is 0.615. The van der Waals surface area contributed by atoms with Crippen LogP contribution in [0.5, 0.6) is 0 Å². The Bertz CT molecular complexity index is 407. The summed E-state index contributed by atoms with van der Waals surface area (Å²) in [6.45, 7) is 0.539. The van der Waals surface area contributed by atoms with Gasteiger partial charge in [0.2, 0.25) is 0 Å². The molecule has 0 spiro atoms. The van der Waals surface area contributed by atoms with Crippen LogP contribution in [0.4, 0.5) is 0 Å². The standard InChI is InChI=1S/C13H19IN2OS.ClH/c14-12-6-10(8-18-12)13(17)16-11(7-15)9-4-2-1-3-5-9;/h6,8-9,11H,1-5,7,15H2,(H,16,17);1H. The Hall–Kier alpha value is 0.150. The molecule has 3 nitrogen and oxygen atoms in total. The molecule has 1 saturated carbocycles. The molecule has 0 aromatic carbocycles. The highest BCUT2D eigenvalue weighted by Crippen LogP contribution is 2.26. The van der Waals surface area contributed by atoms with Crippen molar-refractivity contribution in [3.8, 4) is 0 Å². The maximum absolute atomic E-state index is 12.1. The van der Waals surface area contributed by atoms with Crippen molar-refractivity contribution < 1.29 is 4.79 Å². The van der Waals surface area contributed by atoms with E-state index in [1.165, 1.54) is 32.1 Å². The number of thiophene rings is 1. The van der Waals surface area contributed by atoms with Gasteiger partial charge in [0.1, 0.15) is 0 Å². The molecule has 0 radical (unpaired) electrons. The molecule has 3 N–H and O–H groups in total. The summed E-state index contributed by atoms with van der Waals surface area (Å²) in [6, 6.07) is 2.06. The van der Waals surface area contributed by atoms with Crippen LogP contribution in [0.1, 0.15) is 42.5 Å². The first kappa shape index (κ1) is 17.2. The van der Waals surface area contributed by atoms with E-state index in [9.17, 15) is 4.79 Å². The van der Waals surface area contributed by atoms with Gasteiger partial charge in [-0.1, -0.05) is 19.3 Å². The predicted molar refractivity (Wildman–Crippen MR) is 91.2 cm³/mol. The number of nitrogens with one attached hydrogen (secondary N) is 1. The molecule has 1 aliphatic rings. The highest BCUT2D eigenvalue weighted by Gasteiger charge is 2.24. The van der Waals surface area contributed by atoms with Gasteiger partial charge in [-0.05, 0) is 47.4 Å². The monoisotopic (exact) mass is 414 g/mol. The molecule has 1 unspecified atom stereocenters. The van der Waals surface area contributed by atoms with Crippen LogP contribution < -0.4 is 11.1 Å². The van der Waals surface area contributed by atoms with Gasteiger partial charge >= 0.3 is 0 Å². The molecular formula is C13H20ClIN2OS. The van der Waals surface area contributed by atoms with E-state index in [0.717, 1.165) is 8.45 Å². The number of carbonyl (C=O) groups is 1. The first-order valence-electron chi connectivity index (χ1n) is 6.45. The SMILES string of the molecule is Cl.NCC(NC(=O)c1csc(I)c1)C1CCCCC1. The minimum absolute atomic E-state index is 0. The Kier molecular flexibility index (Phi) is 7.64. The largest absolute Gasteiger partial charge is 0.348 e. The molecular weight excluding hydrogens is 395 g/mol. The lowest BCUT2D eigenvalue weighted by molar-refractivity contribution is 0.0916. The molecule has 0 aliphatic heterocycles. The maximum Gasteiger partial charge on any atom is 0.252 e. The number of hydrogen-bond donors (Lipinski definition) is 2. The molecule has 1 atom stereocenters. The van der Waals surface area contributed by atoms with Gasteiger partial charge in [0.25, 0.3) is 5.91 Å². The van der Waals surface area contributed by atoms with Crippen molar-refractivity contribution in [2.75, 3.05) is 6.54 Å². The number of halogens is 2. The maximum atomic E-state index is 12.1. The van der Waals surface area contributed by atoms with Crippen LogP contribution in [-0.4, -0.2) is 18.5 Å². The molecule has 0 saturated heterocycles. The highest BCUT2D eigenvalue weighted by atomic mass is 127. The van der Waals surface area contributed by atoms with Crippen molar-refractivity contribution >= 4 is 52.2 Å². The Labute approximate surface area is 138 Å². The Morgan fingerprint density at radius 1 is 1.47 bits per heavy atom. The normalized spacial score (nSPS) is 17.6. The third-order valence-corrected chi connectivity index (χ3v) is 5.41. The van der Waals surface area contributed by atoms with E-state index in [0.29, 0.717) is 12.5 Å². The van der Waals surface area contributed by atoms with E-state index in [-0.39, 0.29) is 24.4 Å². The van der Waals surface area contributed by atoms with Gasteiger partial charge < -0.3 is 11.1 Å². The number of carbonyl (C=O) groups excluding carboxylic acids is 1. The van der Waals surface area contributed by atoms with Crippen molar-refractivity contribution in [2.45, 2.75) is 38.1 Å². The average molecular weight is 415 g/mol. The lowest BCUT2D eigenvalue weighted by Crippen LogP contribution is -2.45. The summed E-state index contributed by atoms with van der Waals surface area (Å²) in [4.78, 5) is 12.1. The number of nitrogens with two attached hydrogens (primary N) is 1. The smallest absolute Gasteiger partial charge is 0.252 e. The fourth-order valence-corrected chi connectivity index (χ4v) is 3.91. The fourth-order valence-electron chi connectivity index (χ4n) is 2.59. The van der Waals surface area contributed by atoms with Gasteiger partial charge in [-0.3, -0.25) is 4.79 Å². The van der Waals surface area contributed by atoms with Gasteiger partial charge in [-0.15, -0.1) is 23.7 Å². The van der Waals surface area contributed by atoms with Crippen LogP contribution in [0.2, 0.25) is 0 Å². The molecule has 0 bridgehead atoms. The third-order valence-electron chi connectivity index (χ3n) is 3.62. The topological polar surface area (TPSA) is 55.1 Å². The minimum Gasteiger partial charge on any atom is -0.348 e.